The van der Waals surface area contributed by atoms with E-state index in [1.807, 2.05) is 30.7 Å². The maximum atomic E-state index is 11.9. The summed E-state index contributed by atoms with van der Waals surface area (Å²) >= 11 is 1.47. The van der Waals surface area contributed by atoms with Gasteiger partial charge in [0, 0.05) is 18.9 Å². The van der Waals surface area contributed by atoms with Gasteiger partial charge in [-0.1, -0.05) is 23.9 Å². The molecule has 0 bridgehead atoms. The average molecular weight is 303 g/mol. The number of imidazole rings is 1. The number of carbonyl (C=O) groups excluding carboxylic acids is 1. The Kier molecular flexibility index (Phi) is 5.07. The minimum Gasteiger partial charge on any atom is -0.355 e. The first-order chi connectivity index (χ1) is 10.0. The summed E-state index contributed by atoms with van der Waals surface area (Å²) in [6.45, 7) is 8.67. The van der Waals surface area contributed by atoms with Gasteiger partial charge in [-0.3, -0.25) is 9.36 Å². The summed E-state index contributed by atoms with van der Waals surface area (Å²) < 4.78 is 2.04. The third-order valence-electron chi connectivity index (χ3n) is 3.44. The first kappa shape index (κ1) is 15.6. The zero-order valence-corrected chi connectivity index (χ0v) is 13.7. The molecule has 0 spiro atoms. The van der Waals surface area contributed by atoms with Crippen molar-refractivity contribution in [2.75, 3.05) is 6.54 Å². The van der Waals surface area contributed by atoms with Gasteiger partial charge in [0.05, 0.1) is 10.9 Å². The summed E-state index contributed by atoms with van der Waals surface area (Å²) in [5.41, 5.74) is 3.58. The topological polar surface area (TPSA) is 46.9 Å². The first-order valence-electron chi connectivity index (χ1n) is 7.09. The number of thioether (sulfide) groups is 1. The first-order valence-corrected chi connectivity index (χ1v) is 7.96. The van der Waals surface area contributed by atoms with Gasteiger partial charge in [0.2, 0.25) is 5.91 Å². The number of aryl methyl sites for hydroxylation is 1. The van der Waals surface area contributed by atoms with Crippen LogP contribution < -0.4 is 5.32 Å². The van der Waals surface area contributed by atoms with Crippen LogP contribution in [0.2, 0.25) is 0 Å². The molecule has 4 nitrogen and oxygen atoms in total. The highest BCUT2D eigenvalue weighted by Crippen LogP contribution is 2.26. The van der Waals surface area contributed by atoms with Gasteiger partial charge in [-0.25, -0.2) is 4.98 Å². The molecule has 0 aliphatic heterocycles. The second-order valence-electron chi connectivity index (χ2n) is 4.95. The van der Waals surface area contributed by atoms with Gasteiger partial charge in [0.1, 0.15) is 0 Å². The van der Waals surface area contributed by atoms with E-state index in [1.165, 1.54) is 22.9 Å². The van der Waals surface area contributed by atoms with E-state index < -0.39 is 0 Å². The number of nitrogens with zero attached hydrogens (tertiary/aromatic N) is 2. The van der Waals surface area contributed by atoms with Crippen LogP contribution in [0.5, 0.6) is 0 Å². The largest absolute Gasteiger partial charge is 0.355 e. The molecule has 2 aromatic rings. The van der Waals surface area contributed by atoms with Crippen LogP contribution in [0.1, 0.15) is 25.0 Å². The highest BCUT2D eigenvalue weighted by molar-refractivity contribution is 8.00. The SMILES string of the molecule is CCNC(=O)C(C)Sc1nccn1-c1cccc(C)c1C. The molecular formula is C16H21N3OS. The number of aromatic nitrogens is 2. The van der Waals surface area contributed by atoms with Crippen LogP contribution in [0.15, 0.2) is 35.7 Å². The third-order valence-corrected chi connectivity index (χ3v) is 4.53. The van der Waals surface area contributed by atoms with Crippen LogP contribution in [0.3, 0.4) is 0 Å². The normalized spacial score (nSPS) is 12.2. The van der Waals surface area contributed by atoms with E-state index in [9.17, 15) is 4.79 Å². The van der Waals surface area contributed by atoms with E-state index in [-0.39, 0.29) is 11.2 Å². The van der Waals surface area contributed by atoms with E-state index >= 15 is 0 Å². The highest BCUT2D eigenvalue weighted by atomic mass is 32.2. The summed E-state index contributed by atoms with van der Waals surface area (Å²) in [5, 5.41) is 3.51. The maximum absolute atomic E-state index is 11.9. The molecule has 5 heteroatoms. The Bertz CT molecular complexity index is 636. The molecule has 1 aromatic heterocycles. The smallest absolute Gasteiger partial charge is 0.233 e. The molecule has 1 N–H and O–H groups in total. The van der Waals surface area contributed by atoms with E-state index in [4.69, 9.17) is 0 Å². The predicted molar refractivity (Wildman–Crippen MR) is 87.0 cm³/mol. The Morgan fingerprint density at radius 1 is 1.43 bits per heavy atom. The Morgan fingerprint density at radius 3 is 2.90 bits per heavy atom. The summed E-state index contributed by atoms with van der Waals surface area (Å²) in [5.74, 6) is 0.0398. The Balaban J connectivity index is 2.27. The van der Waals surface area contributed by atoms with Crippen molar-refractivity contribution in [3.8, 4) is 5.69 Å². The zero-order valence-electron chi connectivity index (χ0n) is 12.9. The maximum Gasteiger partial charge on any atom is 0.233 e. The number of rotatable bonds is 5. The van der Waals surface area contributed by atoms with E-state index in [0.29, 0.717) is 6.54 Å². The highest BCUT2D eigenvalue weighted by Gasteiger charge is 2.17. The minimum absolute atomic E-state index is 0.0398. The second kappa shape index (κ2) is 6.80. The van der Waals surface area contributed by atoms with Crippen LogP contribution in [0, 0.1) is 13.8 Å². The molecule has 0 radical (unpaired) electrons. The number of hydrogen-bond donors (Lipinski definition) is 1. The van der Waals surface area contributed by atoms with E-state index in [1.54, 1.807) is 6.20 Å². The molecule has 0 aliphatic carbocycles. The molecule has 2 rings (SSSR count). The van der Waals surface area contributed by atoms with Crippen LogP contribution in [0.4, 0.5) is 0 Å². The monoisotopic (exact) mass is 303 g/mol. The fourth-order valence-electron chi connectivity index (χ4n) is 2.09. The van der Waals surface area contributed by atoms with Gasteiger partial charge in [-0.05, 0) is 44.9 Å². The summed E-state index contributed by atoms with van der Waals surface area (Å²) in [7, 11) is 0. The molecule has 0 fully saturated rings. The Morgan fingerprint density at radius 2 is 2.19 bits per heavy atom. The van der Waals surface area contributed by atoms with Crippen molar-refractivity contribution < 1.29 is 4.79 Å². The van der Waals surface area contributed by atoms with Crippen molar-refractivity contribution in [3.63, 3.8) is 0 Å². The lowest BCUT2D eigenvalue weighted by Gasteiger charge is -2.14. The molecule has 1 atom stereocenters. The second-order valence-corrected chi connectivity index (χ2v) is 6.26. The van der Waals surface area contributed by atoms with Crippen molar-refractivity contribution in [3.05, 3.63) is 41.7 Å². The van der Waals surface area contributed by atoms with Crippen LogP contribution in [-0.4, -0.2) is 27.3 Å². The number of benzene rings is 1. The van der Waals surface area contributed by atoms with Gasteiger partial charge < -0.3 is 5.32 Å². The summed E-state index contributed by atoms with van der Waals surface area (Å²) in [6.07, 6.45) is 3.71. The molecule has 0 saturated heterocycles. The van der Waals surface area contributed by atoms with Crippen LogP contribution >= 0.6 is 11.8 Å². The lowest BCUT2D eigenvalue weighted by molar-refractivity contribution is -0.120. The summed E-state index contributed by atoms with van der Waals surface area (Å²) in [6, 6.07) is 6.21. The number of nitrogens with one attached hydrogen (secondary N) is 1. The molecule has 1 unspecified atom stereocenters. The van der Waals surface area contributed by atoms with Gasteiger partial charge in [0.15, 0.2) is 5.16 Å². The average Bonchev–Trinajstić information content (AvgIpc) is 2.90. The molecule has 112 valence electrons. The molecule has 1 amide bonds. The van der Waals surface area contributed by atoms with E-state index in [2.05, 4.69) is 36.3 Å². The number of hydrogen-bond acceptors (Lipinski definition) is 3. The molecule has 0 saturated carbocycles. The van der Waals surface area contributed by atoms with E-state index in [0.717, 1.165) is 10.8 Å². The van der Waals surface area contributed by atoms with Crippen molar-refractivity contribution in [1.82, 2.24) is 14.9 Å². The molecule has 0 aliphatic rings. The molecule has 1 aromatic carbocycles. The summed E-state index contributed by atoms with van der Waals surface area (Å²) in [4.78, 5) is 16.3. The van der Waals surface area contributed by atoms with Gasteiger partial charge in [-0.15, -0.1) is 0 Å². The van der Waals surface area contributed by atoms with Gasteiger partial charge in [-0.2, -0.15) is 0 Å². The standard InChI is InChI=1S/C16H21N3OS/c1-5-17-15(20)13(4)21-16-18-9-10-19(16)14-8-6-7-11(2)12(14)3/h6-10,13H,5H2,1-4H3,(H,17,20). The molecule has 21 heavy (non-hydrogen) atoms. The number of carbonyl (C=O) groups is 1. The third kappa shape index (κ3) is 3.47. The fourth-order valence-corrected chi connectivity index (χ4v) is 2.99. The predicted octanol–water partition coefficient (Wildman–Crippen LogP) is 3.11. The lowest BCUT2D eigenvalue weighted by Crippen LogP contribution is -2.30. The zero-order chi connectivity index (χ0) is 15.4. The van der Waals surface area contributed by atoms with Crippen molar-refractivity contribution >= 4 is 17.7 Å². The van der Waals surface area contributed by atoms with Crippen molar-refractivity contribution in [2.45, 2.75) is 38.1 Å². The molecular weight excluding hydrogens is 282 g/mol. The van der Waals surface area contributed by atoms with Crippen molar-refractivity contribution in [2.24, 2.45) is 0 Å². The Hall–Kier alpha value is -1.75. The van der Waals surface area contributed by atoms with Crippen LogP contribution in [-0.2, 0) is 4.79 Å². The molecule has 1 heterocycles. The number of amides is 1. The quantitative estimate of drug-likeness (QED) is 0.863. The Labute approximate surface area is 130 Å². The lowest BCUT2D eigenvalue weighted by atomic mass is 10.1. The van der Waals surface area contributed by atoms with Gasteiger partial charge in [0.25, 0.3) is 0 Å². The fraction of sp³-hybridized carbons (Fsp3) is 0.375. The minimum atomic E-state index is -0.170. The van der Waals surface area contributed by atoms with Crippen LogP contribution in [0.25, 0.3) is 5.69 Å². The van der Waals surface area contributed by atoms with Crippen molar-refractivity contribution in [1.29, 1.82) is 0 Å². The van der Waals surface area contributed by atoms with Gasteiger partial charge >= 0.3 is 0 Å².